The maximum absolute atomic E-state index is 11.6. The molecule has 1 saturated heterocycles. The fourth-order valence-electron chi connectivity index (χ4n) is 3.30. The molecule has 0 saturated carbocycles. The first kappa shape index (κ1) is 23.8. The van der Waals surface area contributed by atoms with E-state index in [9.17, 15) is 4.79 Å². The van der Waals surface area contributed by atoms with E-state index in [0.717, 1.165) is 43.6 Å². The predicted molar refractivity (Wildman–Crippen MR) is 121 cm³/mol. The fourth-order valence-corrected chi connectivity index (χ4v) is 3.89. The molecule has 1 aliphatic heterocycles. The van der Waals surface area contributed by atoms with Gasteiger partial charge in [-0.05, 0) is 44.0 Å². The number of carbonyl (C=O) groups excluding carboxylic acids is 1. The van der Waals surface area contributed by atoms with Crippen molar-refractivity contribution in [3.63, 3.8) is 0 Å². The largest absolute Gasteiger partial charge is 0.487 e. The van der Waals surface area contributed by atoms with Gasteiger partial charge in [0.15, 0.2) is 0 Å². The maximum atomic E-state index is 11.6. The first-order valence-corrected chi connectivity index (χ1v) is 10.4. The van der Waals surface area contributed by atoms with Crippen LogP contribution in [0.3, 0.4) is 0 Å². The average molecular weight is 458 g/mol. The third-order valence-electron chi connectivity index (χ3n) is 4.86. The Morgan fingerprint density at radius 1 is 1.17 bits per heavy atom. The number of benzene rings is 2. The highest BCUT2D eigenvalue weighted by Crippen LogP contribution is 2.33. The molecule has 0 atom stereocenters. The highest BCUT2D eigenvalue weighted by Gasteiger charge is 2.19. The Labute approximate surface area is 188 Å². The van der Waals surface area contributed by atoms with E-state index >= 15 is 0 Å². The van der Waals surface area contributed by atoms with E-state index in [1.54, 1.807) is 6.07 Å². The molecule has 7 heteroatoms. The molecule has 1 amide bonds. The molecule has 2 aromatic rings. The molecular formula is C22H27Cl3N2O2. The standard InChI is InChI=1S/C22H26Cl2N2O2.ClH/c1-16-5-7-17(8-6-16)15-28-22-18(12-19(23)13-20(22)24)14-25-9-3-11-26-10-2-4-21(26)27;/h5-8,12-13,25H,2-4,9-11,14-15H2,1H3;1H. The smallest absolute Gasteiger partial charge is 0.222 e. The molecule has 1 aliphatic rings. The number of aryl methyl sites for hydroxylation is 1. The Hall–Kier alpha value is -1.46. The average Bonchev–Trinajstić information content (AvgIpc) is 3.07. The maximum Gasteiger partial charge on any atom is 0.222 e. The number of halogens is 3. The molecular weight excluding hydrogens is 431 g/mol. The van der Waals surface area contributed by atoms with Crippen LogP contribution >= 0.6 is 35.6 Å². The van der Waals surface area contributed by atoms with Gasteiger partial charge in [-0.15, -0.1) is 12.4 Å². The van der Waals surface area contributed by atoms with Gasteiger partial charge in [-0.3, -0.25) is 4.79 Å². The molecule has 0 bridgehead atoms. The summed E-state index contributed by atoms with van der Waals surface area (Å²) in [6.07, 6.45) is 2.59. The third-order valence-corrected chi connectivity index (χ3v) is 5.36. The lowest BCUT2D eigenvalue weighted by Gasteiger charge is -2.17. The molecule has 1 fully saturated rings. The molecule has 29 heavy (non-hydrogen) atoms. The Kier molecular flexibility index (Phi) is 9.57. The second kappa shape index (κ2) is 11.7. The van der Waals surface area contributed by atoms with Crippen LogP contribution in [-0.4, -0.2) is 30.4 Å². The van der Waals surface area contributed by atoms with Gasteiger partial charge < -0.3 is 15.0 Å². The Morgan fingerprint density at radius 2 is 1.93 bits per heavy atom. The summed E-state index contributed by atoms with van der Waals surface area (Å²) < 4.78 is 6.02. The van der Waals surface area contributed by atoms with Crippen molar-refractivity contribution in [2.24, 2.45) is 0 Å². The number of likely N-dealkylation sites (tertiary alicyclic amines) is 1. The van der Waals surface area contributed by atoms with Crippen LogP contribution in [0.2, 0.25) is 10.0 Å². The van der Waals surface area contributed by atoms with Gasteiger partial charge in [0.2, 0.25) is 5.91 Å². The zero-order chi connectivity index (χ0) is 19.9. The summed E-state index contributed by atoms with van der Waals surface area (Å²) in [5.74, 6) is 0.933. The fraction of sp³-hybridized carbons (Fsp3) is 0.409. The predicted octanol–water partition coefficient (Wildman–Crippen LogP) is 5.40. The lowest BCUT2D eigenvalue weighted by Crippen LogP contribution is -2.28. The number of hydrogen-bond acceptors (Lipinski definition) is 3. The Morgan fingerprint density at radius 3 is 2.62 bits per heavy atom. The number of nitrogens with zero attached hydrogens (tertiary/aromatic N) is 1. The molecule has 1 N–H and O–H groups in total. The van der Waals surface area contributed by atoms with E-state index in [4.69, 9.17) is 27.9 Å². The van der Waals surface area contributed by atoms with Crippen LogP contribution in [0.5, 0.6) is 5.75 Å². The van der Waals surface area contributed by atoms with Crippen molar-refractivity contribution in [3.05, 3.63) is 63.1 Å². The number of amides is 1. The van der Waals surface area contributed by atoms with Crippen LogP contribution in [0.1, 0.15) is 36.0 Å². The molecule has 1 heterocycles. The normalized spacial score (nSPS) is 13.5. The first-order valence-electron chi connectivity index (χ1n) is 9.67. The summed E-state index contributed by atoms with van der Waals surface area (Å²) >= 11 is 12.6. The molecule has 4 nitrogen and oxygen atoms in total. The van der Waals surface area contributed by atoms with Crippen LogP contribution in [0.15, 0.2) is 36.4 Å². The van der Waals surface area contributed by atoms with Crippen LogP contribution in [0.4, 0.5) is 0 Å². The summed E-state index contributed by atoms with van der Waals surface area (Å²) in [5.41, 5.74) is 3.24. The summed E-state index contributed by atoms with van der Waals surface area (Å²) in [7, 11) is 0. The molecule has 0 radical (unpaired) electrons. The summed E-state index contributed by atoms with van der Waals surface area (Å²) in [4.78, 5) is 13.6. The van der Waals surface area contributed by atoms with Gasteiger partial charge in [-0.25, -0.2) is 0 Å². The summed E-state index contributed by atoms with van der Waals surface area (Å²) in [6, 6.07) is 11.8. The Bertz CT molecular complexity index is 812. The van der Waals surface area contributed by atoms with Gasteiger partial charge in [0, 0.05) is 36.6 Å². The van der Waals surface area contributed by atoms with E-state index in [1.807, 2.05) is 11.0 Å². The van der Waals surface area contributed by atoms with Crippen LogP contribution < -0.4 is 10.1 Å². The van der Waals surface area contributed by atoms with Crippen LogP contribution in [0, 0.1) is 6.92 Å². The minimum atomic E-state index is 0. The third kappa shape index (κ3) is 7.07. The number of hydrogen-bond donors (Lipinski definition) is 1. The van der Waals surface area contributed by atoms with E-state index in [0.29, 0.717) is 35.4 Å². The molecule has 0 aliphatic carbocycles. The van der Waals surface area contributed by atoms with Crippen molar-refractivity contribution in [2.45, 2.75) is 39.3 Å². The van der Waals surface area contributed by atoms with Gasteiger partial charge in [0.25, 0.3) is 0 Å². The number of rotatable bonds is 9. The highest BCUT2D eigenvalue weighted by molar-refractivity contribution is 6.35. The van der Waals surface area contributed by atoms with Crippen molar-refractivity contribution >= 4 is 41.5 Å². The molecule has 0 spiro atoms. The van der Waals surface area contributed by atoms with Gasteiger partial charge in [-0.2, -0.15) is 0 Å². The van der Waals surface area contributed by atoms with Crippen molar-refractivity contribution in [2.75, 3.05) is 19.6 Å². The zero-order valence-electron chi connectivity index (χ0n) is 16.5. The molecule has 0 aromatic heterocycles. The minimum absolute atomic E-state index is 0. The molecule has 2 aromatic carbocycles. The van der Waals surface area contributed by atoms with Crippen molar-refractivity contribution in [1.29, 1.82) is 0 Å². The number of nitrogens with one attached hydrogen (secondary N) is 1. The van der Waals surface area contributed by atoms with E-state index < -0.39 is 0 Å². The summed E-state index contributed by atoms with van der Waals surface area (Å²) in [5, 5.41) is 4.51. The first-order chi connectivity index (χ1) is 13.5. The molecule has 158 valence electrons. The number of ether oxygens (including phenoxy) is 1. The second-order valence-corrected chi connectivity index (χ2v) is 8.01. The number of carbonyl (C=O) groups is 1. The minimum Gasteiger partial charge on any atom is -0.487 e. The van der Waals surface area contributed by atoms with Gasteiger partial charge in [0.05, 0.1) is 5.02 Å². The highest BCUT2D eigenvalue weighted by atomic mass is 35.5. The van der Waals surface area contributed by atoms with Crippen LogP contribution in [0.25, 0.3) is 0 Å². The van der Waals surface area contributed by atoms with E-state index in [-0.39, 0.29) is 18.3 Å². The molecule has 3 rings (SSSR count). The van der Waals surface area contributed by atoms with E-state index in [1.165, 1.54) is 5.56 Å². The van der Waals surface area contributed by atoms with Crippen molar-refractivity contribution in [1.82, 2.24) is 10.2 Å². The lowest BCUT2D eigenvalue weighted by atomic mass is 10.1. The van der Waals surface area contributed by atoms with E-state index in [2.05, 4.69) is 36.5 Å². The zero-order valence-corrected chi connectivity index (χ0v) is 18.9. The van der Waals surface area contributed by atoms with Gasteiger partial charge in [0.1, 0.15) is 12.4 Å². The topological polar surface area (TPSA) is 41.6 Å². The van der Waals surface area contributed by atoms with Crippen molar-refractivity contribution < 1.29 is 9.53 Å². The van der Waals surface area contributed by atoms with Crippen molar-refractivity contribution in [3.8, 4) is 5.75 Å². The monoisotopic (exact) mass is 456 g/mol. The second-order valence-electron chi connectivity index (χ2n) is 7.16. The summed E-state index contributed by atoms with van der Waals surface area (Å²) in [6.45, 7) is 5.62. The van der Waals surface area contributed by atoms with Gasteiger partial charge >= 0.3 is 0 Å². The van der Waals surface area contributed by atoms with Gasteiger partial charge in [-0.1, -0.05) is 53.0 Å². The van der Waals surface area contributed by atoms with Crippen LogP contribution in [-0.2, 0) is 17.9 Å². The molecule has 0 unspecified atom stereocenters. The quantitative estimate of drug-likeness (QED) is 0.512. The lowest BCUT2D eigenvalue weighted by molar-refractivity contribution is -0.127. The Balaban J connectivity index is 0.00000300. The SMILES string of the molecule is Cc1ccc(COc2c(Cl)cc(Cl)cc2CNCCCN2CCCC2=O)cc1.Cl.